The van der Waals surface area contributed by atoms with Crippen molar-refractivity contribution < 1.29 is 17.7 Å². The van der Waals surface area contributed by atoms with Crippen molar-refractivity contribution >= 4 is 8.33 Å². The van der Waals surface area contributed by atoms with E-state index in [-0.39, 0.29) is 0 Å². The molecule has 120 valence electrons. The van der Waals surface area contributed by atoms with Crippen LogP contribution in [-0.4, -0.2) is 8.33 Å². The zero-order valence-electron chi connectivity index (χ0n) is 12.8. The molecule has 24 heavy (non-hydrogen) atoms. The second-order valence-electron chi connectivity index (χ2n) is 6.04. The van der Waals surface area contributed by atoms with Gasteiger partial charge in [0.05, 0.1) is 0 Å². The molecule has 0 bridgehead atoms. The van der Waals surface area contributed by atoms with Crippen molar-refractivity contribution in [1.29, 1.82) is 0 Å². The molecule has 2 aliphatic heterocycles. The fraction of sp³-hybridized carbons (Fsp3) is 0.0526. The SMILES string of the molecule is c1ccc(C[Si-]23(Oc4ccccc4O2)Oc2ccccc2O3)cc1. The van der Waals surface area contributed by atoms with Gasteiger partial charge in [-0.3, -0.25) is 0 Å². The molecule has 2 aliphatic rings. The zero-order valence-corrected chi connectivity index (χ0v) is 13.8. The Balaban J connectivity index is 1.64. The Morgan fingerprint density at radius 2 is 0.875 bits per heavy atom. The third-order valence-electron chi connectivity index (χ3n) is 4.26. The zero-order chi connectivity index (χ0) is 16.1. The van der Waals surface area contributed by atoms with Crippen LogP contribution < -0.4 is 17.7 Å². The van der Waals surface area contributed by atoms with Crippen molar-refractivity contribution in [1.82, 2.24) is 0 Å². The minimum atomic E-state index is -4.17. The van der Waals surface area contributed by atoms with Crippen LogP contribution in [-0.2, 0) is 6.04 Å². The monoisotopic (exact) mass is 335 g/mol. The van der Waals surface area contributed by atoms with Gasteiger partial charge in [-0.05, 0) is 0 Å². The molecule has 3 aromatic carbocycles. The molecule has 5 rings (SSSR count). The van der Waals surface area contributed by atoms with Crippen molar-refractivity contribution in [3.05, 3.63) is 84.4 Å². The van der Waals surface area contributed by atoms with E-state index < -0.39 is 8.33 Å². The molecule has 0 radical (unpaired) electrons. The van der Waals surface area contributed by atoms with Crippen LogP contribution >= 0.6 is 0 Å². The predicted molar refractivity (Wildman–Crippen MR) is 91.3 cm³/mol. The minimum absolute atomic E-state index is 0.435. The van der Waals surface area contributed by atoms with Crippen LogP contribution in [0.5, 0.6) is 23.0 Å². The maximum atomic E-state index is 6.32. The molecular formula is C19H15O4Si-. The first-order valence-corrected chi connectivity index (χ1v) is 10.2. The van der Waals surface area contributed by atoms with Crippen molar-refractivity contribution in [2.24, 2.45) is 0 Å². The molecule has 3 aromatic rings. The van der Waals surface area contributed by atoms with Crippen molar-refractivity contribution in [3.63, 3.8) is 0 Å². The molecule has 0 unspecified atom stereocenters. The maximum absolute atomic E-state index is 6.32. The molecule has 2 heterocycles. The first-order valence-electron chi connectivity index (χ1n) is 7.91. The third-order valence-corrected chi connectivity index (χ3v) is 7.71. The number of para-hydroxylation sites is 4. The average Bonchev–Trinajstić information content (AvgIpc) is 3.09. The Hall–Kier alpha value is -2.92. The van der Waals surface area contributed by atoms with Gasteiger partial charge in [0.1, 0.15) is 0 Å². The van der Waals surface area contributed by atoms with Crippen LogP contribution in [0.3, 0.4) is 0 Å². The van der Waals surface area contributed by atoms with E-state index in [2.05, 4.69) is 0 Å². The fourth-order valence-electron chi connectivity index (χ4n) is 3.29. The Kier molecular flexibility index (Phi) is 2.56. The molecule has 0 amide bonds. The van der Waals surface area contributed by atoms with Crippen molar-refractivity contribution in [2.45, 2.75) is 6.04 Å². The van der Waals surface area contributed by atoms with E-state index >= 15 is 0 Å². The van der Waals surface area contributed by atoms with Crippen LogP contribution in [0.1, 0.15) is 5.56 Å². The van der Waals surface area contributed by atoms with Gasteiger partial charge < -0.3 is 0 Å². The number of hydrogen-bond acceptors (Lipinski definition) is 4. The van der Waals surface area contributed by atoms with Crippen LogP contribution in [0, 0.1) is 0 Å². The van der Waals surface area contributed by atoms with E-state index in [0.717, 1.165) is 5.56 Å². The number of rotatable bonds is 2. The standard InChI is InChI=1S/C19H15O4Si/c1-2-8-15(9-3-1)14-24(20-16-10-4-5-11-17(16)21-24)22-18-12-6-7-13-19(18)23-24/h1-13H,14H2/q-1. The Morgan fingerprint density at radius 1 is 0.500 bits per heavy atom. The van der Waals surface area contributed by atoms with Gasteiger partial charge in [0, 0.05) is 0 Å². The Morgan fingerprint density at radius 3 is 1.29 bits per heavy atom. The molecule has 5 heteroatoms. The quantitative estimate of drug-likeness (QED) is 0.661. The molecule has 4 nitrogen and oxygen atoms in total. The van der Waals surface area contributed by atoms with Gasteiger partial charge >= 0.3 is 139 Å². The van der Waals surface area contributed by atoms with Crippen LogP contribution in [0.25, 0.3) is 0 Å². The number of hydrogen-bond donors (Lipinski definition) is 0. The summed E-state index contributed by atoms with van der Waals surface area (Å²) in [7, 11) is -4.17. The summed E-state index contributed by atoms with van der Waals surface area (Å²) >= 11 is 0. The summed E-state index contributed by atoms with van der Waals surface area (Å²) in [6, 6.07) is 25.6. The summed E-state index contributed by atoms with van der Waals surface area (Å²) in [4.78, 5) is 0. The van der Waals surface area contributed by atoms with E-state index in [9.17, 15) is 0 Å². The summed E-state index contributed by atoms with van der Waals surface area (Å²) in [5.41, 5.74) is 1.05. The van der Waals surface area contributed by atoms with Crippen molar-refractivity contribution in [2.75, 3.05) is 0 Å². The molecule has 0 saturated heterocycles. The summed E-state index contributed by atoms with van der Waals surface area (Å²) in [6.07, 6.45) is 0. The van der Waals surface area contributed by atoms with Gasteiger partial charge in [0.25, 0.3) is 0 Å². The Bertz CT molecular complexity index is 812. The van der Waals surface area contributed by atoms with Gasteiger partial charge in [-0.25, -0.2) is 0 Å². The summed E-state index contributed by atoms with van der Waals surface area (Å²) in [5.74, 6) is 2.65. The van der Waals surface area contributed by atoms with Gasteiger partial charge in [0.15, 0.2) is 0 Å². The molecule has 0 aromatic heterocycles. The summed E-state index contributed by atoms with van der Waals surface area (Å²) < 4.78 is 25.3. The number of benzene rings is 3. The van der Waals surface area contributed by atoms with Crippen LogP contribution in [0.15, 0.2) is 78.9 Å². The van der Waals surface area contributed by atoms with E-state index in [0.29, 0.717) is 29.0 Å². The predicted octanol–water partition coefficient (Wildman–Crippen LogP) is 4.10. The topological polar surface area (TPSA) is 36.9 Å². The molecule has 0 atom stereocenters. The van der Waals surface area contributed by atoms with Gasteiger partial charge in [-0.2, -0.15) is 0 Å². The van der Waals surface area contributed by atoms with Crippen LogP contribution in [0.2, 0.25) is 0 Å². The average molecular weight is 335 g/mol. The molecule has 1 spiro atoms. The van der Waals surface area contributed by atoms with E-state index in [1.54, 1.807) is 0 Å². The Labute approximate surface area is 140 Å². The second kappa shape index (κ2) is 4.55. The molecule has 0 saturated carbocycles. The van der Waals surface area contributed by atoms with E-state index in [4.69, 9.17) is 17.7 Å². The normalized spacial score (nSPS) is 19.6. The molecular weight excluding hydrogens is 320 g/mol. The number of fused-ring (bicyclic) bond motifs is 2. The van der Waals surface area contributed by atoms with Gasteiger partial charge in [-0.15, -0.1) is 0 Å². The summed E-state index contributed by atoms with van der Waals surface area (Å²) in [5, 5.41) is 0. The first kappa shape index (κ1) is 13.5. The molecule has 0 aliphatic carbocycles. The second-order valence-corrected chi connectivity index (χ2v) is 9.37. The molecule has 0 N–H and O–H groups in total. The van der Waals surface area contributed by atoms with Crippen LogP contribution in [0.4, 0.5) is 0 Å². The van der Waals surface area contributed by atoms with Crippen molar-refractivity contribution in [3.8, 4) is 23.0 Å². The van der Waals surface area contributed by atoms with E-state index in [1.165, 1.54) is 0 Å². The fourth-order valence-corrected chi connectivity index (χ4v) is 7.10. The first-order chi connectivity index (χ1) is 11.7. The van der Waals surface area contributed by atoms with E-state index in [1.807, 2.05) is 78.9 Å². The molecule has 0 fully saturated rings. The van der Waals surface area contributed by atoms with Gasteiger partial charge in [0.2, 0.25) is 0 Å². The van der Waals surface area contributed by atoms with Gasteiger partial charge in [-0.1, -0.05) is 0 Å². The third kappa shape index (κ3) is 1.91. The summed E-state index contributed by atoms with van der Waals surface area (Å²) in [6.45, 7) is 0.